The maximum absolute atomic E-state index is 10.3. The van der Waals surface area contributed by atoms with Crippen LogP contribution >= 0.6 is 0 Å². The SMILES string of the molecule is CC[C@H](O)CN(CCN1CCOCC1)Cc1cccn1Cc1cccc(OC)c1. The van der Waals surface area contributed by atoms with Crippen molar-refractivity contribution in [1.29, 1.82) is 0 Å². The van der Waals surface area contributed by atoms with Crippen LogP contribution in [0, 0.1) is 0 Å². The monoisotopic (exact) mass is 401 g/mol. The summed E-state index contributed by atoms with van der Waals surface area (Å²) in [4.78, 5) is 4.82. The Morgan fingerprint density at radius 1 is 1.21 bits per heavy atom. The summed E-state index contributed by atoms with van der Waals surface area (Å²) < 4.78 is 13.1. The van der Waals surface area contributed by atoms with Crippen LogP contribution in [0.15, 0.2) is 42.6 Å². The molecular formula is C23H35N3O3. The van der Waals surface area contributed by atoms with Gasteiger partial charge in [0.15, 0.2) is 0 Å². The highest BCUT2D eigenvalue weighted by Gasteiger charge is 2.16. The van der Waals surface area contributed by atoms with Gasteiger partial charge < -0.3 is 19.1 Å². The largest absolute Gasteiger partial charge is 0.497 e. The number of aliphatic hydroxyl groups excluding tert-OH is 1. The maximum Gasteiger partial charge on any atom is 0.119 e. The second-order valence-electron chi connectivity index (χ2n) is 7.73. The van der Waals surface area contributed by atoms with Crippen molar-refractivity contribution in [2.24, 2.45) is 0 Å². The molecule has 160 valence electrons. The number of ether oxygens (including phenoxy) is 2. The second-order valence-corrected chi connectivity index (χ2v) is 7.73. The minimum Gasteiger partial charge on any atom is -0.497 e. The van der Waals surface area contributed by atoms with Gasteiger partial charge in [-0.1, -0.05) is 19.1 Å². The first-order valence-corrected chi connectivity index (χ1v) is 10.7. The summed E-state index contributed by atoms with van der Waals surface area (Å²) >= 11 is 0. The van der Waals surface area contributed by atoms with E-state index < -0.39 is 0 Å². The van der Waals surface area contributed by atoms with Gasteiger partial charge in [0.1, 0.15) is 5.75 Å². The lowest BCUT2D eigenvalue weighted by Gasteiger charge is -2.31. The Hall–Kier alpha value is -1.86. The standard InChI is InChI=1S/C23H35N3O3/c1-3-22(27)19-25(11-10-24-12-14-29-15-13-24)18-21-7-5-9-26(21)17-20-6-4-8-23(16-20)28-2/h4-9,16,22,27H,3,10-15,17-19H2,1-2H3/t22-/m0/s1. The molecule has 29 heavy (non-hydrogen) atoms. The Balaban J connectivity index is 1.64. The van der Waals surface area contributed by atoms with Gasteiger partial charge in [0.2, 0.25) is 0 Å². The molecule has 0 amide bonds. The second kappa shape index (κ2) is 11.4. The topological polar surface area (TPSA) is 50.1 Å². The van der Waals surface area contributed by atoms with Crippen molar-refractivity contribution in [3.05, 3.63) is 53.9 Å². The van der Waals surface area contributed by atoms with Gasteiger partial charge in [-0.3, -0.25) is 9.80 Å². The fourth-order valence-corrected chi connectivity index (χ4v) is 3.71. The molecule has 6 heteroatoms. The molecule has 0 bridgehead atoms. The van der Waals surface area contributed by atoms with Crippen molar-refractivity contribution in [3.63, 3.8) is 0 Å². The third-order valence-electron chi connectivity index (χ3n) is 5.57. The molecule has 0 saturated carbocycles. The molecule has 1 fully saturated rings. The molecule has 3 rings (SSSR count). The smallest absolute Gasteiger partial charge is 0.119 e. The number of benzene rings is 1. The minimum atomic E-state index is -0.290. The molecule has 1 aliphatic rings. The molecule has 2 aromatic rings. The van der Waals surface area contributed by atoms with E-state index in [9.17, 15) is 5.11 Å². The molecule has 6 nitrogen and oxygen atoms in total. The Bertz CT molecular complexity index is 728. The molecule has 2 heterocycles. The number of nitrogens with zero attached hydrogens (tertiary/aromatic N) is 3. The van der Waals surface area contributed by atoms with Gasteiger partial charge >= 0.3 is 0 Å². The van der Waals surface area contributed by atoms with Crippen molar-refractivity contribution in [3.8, 4) is 5.75 Å². The van der Waals surface area contributed by atoms with Crippen LogP contribution in [0.5, 0.6) is 5.75 Å². The zero-order valence-corrected chi connectivity index (χ0v) is 17.8. The summed E-state index contributed by atoms with van der Waals surface area (Å²) in [6.07, 6.45) is 2.62. The van der Waals surface area contributed by atoms with E-state index in [1.807, 2.05) is 19.1 Å². The lowest BCUT2D eigenvalue weighted by Crippen LogP contribution is -2.43. The molecule has 0 radical (unpaired) electrons. The van der Waals surface area contributed by atoms with Gasteiger partial charge in [-0.2, -0.15) is 0 Å². The van der Waals surface area contributed by atoms with E-state index in [2.05, 4.69) is 44.8 Å². The lowest BCUT2D eigenvalue weighted by atomic mass is 10.2. The highest BCUT2D eigenvalue weighted by molar-refractivity contribution is 5.29. The zero-order chi connectivity index (χ0) is 20.5. The molecule has 1 aliphatic heterocycles. The molecule has 1 saturated heterocycles. The van der Waals surface area contributed by atoms with Gasteiger partial charge in [-0.15, -0.1) is 0 Å². The summed E-state index contributed by atoms with van der Waals surface area (Å²) in [6.45, 7) is 9.97. The first kappa shape index (κ1) is 21.8. The zero-order valence-electron chi connectivity index (χ0n) is 17.8. The van der Waals surface area contributed by atoms with Crippen molar-refractivity contribution in [2.45, 2.75) is 32.5 Å². The van der Waals surface area contributed by atoms with Crippen molar-refractivity contribution >= 4 is 0 Å². The van der Waals surface area contributed by atoms with E-state index in [0.717, 1.165) is 64.7 Å². The fraction of sp³-hybridized carbons (Fsp3) is 0.565. The first-order chi connectivity index (χ1) is 14.2. The molecule has 1 N–H and O–H groups in total. The van der Waals surface area contributed by atoms with Crippen LogP contribution in [-0.4, -0.2) is 78.6 Å². The van der Waals surface area contributed by atoms with Crippen molar-refractivity contribution in [2.75, 3.05) is 53.0 Å². The van der Waals surface area contributed by atoms with Crippen molar-refractivity contribution < 1.29 is 14.6 Å². The van der Waals surface area contributed by atoms with Gasteiger partial charge in [0, 0.05) is 57.7 Å². The summed E-state index contributed by atoms with van der Waals surface area (Å²) in [7, 11) is 1.70. The Kier molecular flexibility index (Phi) is 8.55. The van der Waals surface area contributed by atoms with Crippen LogP contribution in [0.25, 0.3) is 0 Å². The van der Waals surface area contributed by atoms with E-state index in [1.165, 1.54) is 11.3 Å². The quantitative estimate of drug-likeness (QED) is 0.627. The van der Waals surface area contributed by atoms with Crippen LogP contribution in [0.1, 0.15) is 24.6 Å². The van der Waals surface area contributed by atoms with Gasteiger partial charge in [0.05, 0.1) is 26.4 Å². The molecule has 1 atom stereocenters. The Morgan fingerprint density at radius 3 is 2.79 bits per heavy atom. The number of aromatic nitrogens is 1. The number of morpholine rings is 1. The Labute approximate surface area is 174 Å². The predicted molar refractivity (Wildman–Crippen MR) is 115 cm³/mol. The molecule has 1 aromatic carbocycles. The number of methoxy groups -OCH3 is 1. The summed E-state index contributed by atoms with van der Waals surface area (Å²) in [5.74, 6) is 0.884. The number of rotatable bonds is 11. The van der Waals surface area contributed by atoms with Crippen LogP contribution in [0.3, 0.4) is 0 Å². The van der Waals surface area contributed by atoms with Crippen LogP contribution in [0.2, 0.25) is 0 Å². The van der Waals surface area contributed by atoms with Gasteiger partial charge in [-0.25, -0.2) is 0 Å². The van der Waals surface area contributed by atoms with E-state index >= 15 is 0 Å². The van der Waals surface area contributed by atoms with Crippen molar-refractivity contribution in [1.82, 2.24) is 14.4 Å². The maximum atomic E-state index is 10.3. The van der Waals surface area contributed by atoms with E-state index in [4.69, 9.17) is 9.47 Å². The normalized spacial score (nSPS) is 16.3. The minimum absolute atomic E-state index is 0.290. The van der Waals surface area contributed by atoms with E-state index in [-0.39, 0.29) is 6.10 Å². The summed E-state index contributed by atoms with van der Waals surface area (Å²) in [5.41, 5.74) is 2.48. The molecular weight excluding hydrogens is 366 g/mol. The summed E-state index contributed by atoms with van der Waals surface area (Å²) in [5, 5.41) is 10.3. The highest BCUT2D eigenvalue weighted by atomic mass is 16.5. The third kappa shape index (κ3) is 6.85. The fourth-order valence-electron chi connectivity index (χ4n) is 3.71. The van der Waals surface area contributed by atoms with Crippen LogP contribution in [0.4, 0.5) is 0 Å². The predicted octanol–water partition coefficient (Wildman–Crippen LogP) is 2.45. The highest BCUT2D eigenvalue weighted by Crippen LogP contribution is 2.16. The summed E-state index contributed by atoms with van der Waals surface area (Å²) in [6, 6.07) is 12.5. The van der Waals surface area contributed by atoms with Crippen LogP contribution < -0.4 is 4.74 Å². The Morgan fingerprint density at radius 2 is 2.03 bits per heavy atom. The molecule has 1 aromatic heterocycles. The lowest BCUT2D eigenvalue weighted by molar-refractivity contribution is 0.0288. The number of aliphatic hydroxyl groups is 1. The van der Waals surface area contributed by atoms with E-state index in [0.29, 0.717) is 6.54 Å². The van der Waals surface area contributed by atoms with Gasteiger partial charge in [-0.05, 0) is 36.2 Å². The van der Waals surface area contributed by atoms with Crippen LogP contribution in [-0.2, 0) is 17.8 Å². The molecule has 0 unspecified atom stereocenters. The van der Waals surface area contributed by atoms with E-state index in [1.54, 1.807) is 7.11 Å². The number of hydrogen-bond acceptors (Lipinski definition) is 5. The average Bonchev–Trinajstić information content (AvgIpc) is 3.19. The third-order valence-corrected chi connectivity index (χ3v) is 5.57. The molecule has 0 spiro atoms. The molecule has 0 aliphatic carbocycles. The first-order valence-electron chi connectivity index (χ1n) is 10.7. The number of hydrogen-bond donors (Lipinski definition) is 1. The van der Waals surface area contributed by atoms with Gasteiger partial charge in [0.25, 0.3) is 0 Å². The average molecular weight is 402 g/mol.